The first kappa shape index (κ1) is 22.6. The Hall–Kier alpha value is -3.56. The predicted octanol–water partition coefficient (Wildman–Crippen LogP) is 4.07. The van der Waals surface area contributed by atoms with Crippen molar-refractivity contribution in [2.75, 3.05) is 18.0 Å². The first-order chi connectivity index (χ1) is 15.9. The standard InChI is InChI=1S/C23H25F2N5O3/c1-14-6-7-30(12-14)20-8-15(2)27-23(28-20)32-13-18-10-19(29-33-18)22(31)26-11-16-4-3-5-17(9-16)21(24)25/h3-5,8-10,14,21H,6-7,11-13H2,1-2H3,(H,26,31). The molecule has 0 aliphatic carbocycles. The number of carbonyl (C=O) groups excluding carboxylic acids is 1. The molecule has 1 aliphatic rings. The van der Waals surface area contributed by atoms with E-state index >= 15 is 0 Å². The van der Waals surface area contributed by atoms with Gasteiger partial charge in [-0.1, -0.05) is 30.3 Å². The number of hydrogen-bond donors (Lipinski definition) is 1. The molecule has 0 radical (unpaired) electrons. The van der Waals surface area contributed by atoms with Gasteiger partial charge >= 0.3 is 6.01 Å². The first-order valence-corrected chi connectivity index (χ1v) is 10.7. The second-order valence-corrected chi connectivity index (χ2v) is 8.19. The fraction of sp³-hybridized carbons (Fsp3) is 0.391. The number of carbonyl (C=O) groups is 1. The summed E-state index contributed by atoms with van der Waals surface area (Å²) >= 11 is 0. The van der Waals surface area contributed by atoms with Gasteiger partial charge in [0.05, 0.1) is 0 Å². The maximum atomic E-state index is 12.8. The van der Waals surface area contributed by atoms with E-state index in [1.54, 1.807) is 6.07 Å². The first-order valence-electron chi connectivity index (χ1n) is 10.7. The van der Waals surface area contributed by atoms with Crippen molar-refractivity contribution in [1.29, 1.82) is 0 Å². The molecule has 3 heterocycles. The van der Waals surface area contributed by atoms with Crippen molar-refractivity contribution in [2.24, 2.45) is 5.92 Å². The topological polar surface area (TPSA) is 93.4 Å². The van der Waals surface area contributed by atoms with Crippen LogP contribution in [-0.4, -0.2) is 34.1 Å². The zero-order valence-electron chi connectivity index (χ0n) is 18.4. The van der Waals surface area contributed by atoms with Crippen LogP contribution >= 0.6 is 0 Å². The Balaban J connectivity index is 1.33. The van der Waals surface area contributed by atoms with Gasteiger partial charge in [-0.2, -0.15) is 4.98 Å². The molecule has 1 saturated heterocycles. The van der Waals surface area contributed by atoms with Crippen LogP contribution in [0.15, 0.2) is 40.9 Å². The van der Waals surface area contributed by atoms with Crippen molar-refractivity contribution < 1.29 is 22.8 Å². The van der Waals surface area contributed by atoms with Crippen LogP contribution in [0, 0.1) is 12.8 Å². The Labute approximate surface area is 190 Å². The molecule has 1 fully saturated rings. The Morgan fingerprint density at radius 3 is 2.91 bits per heavy atom. The van der Waals surface area contributed by atoms with E-state index in [1.807, 2.05) is 13.0 Å². The van der Waals surface area contributed by atoms with E-state index in [0.29, 0.717) is 17.2 Å². The number of amides is 1. The van der Waals surface area contributed by atoms with Gasteiger partial charge in [-0.15, -0.1) is 0 Å². The minimum atomic E-state index is -2.56. The van der Waals surface area contributed by atoms with Gasteiger partial charge in [0, 0.05) is 43.0 Å². The third-order valence-electron chi connectivity index (χ3n) is 5.36. The summed E-state index contributed by atoms with van der Waals surface area (Å²) in [5.41, 5.74) is 1.33. The fourth-order valence-electron chi connectivity index (χ4n) is 3.63. The summed E-state index contributed by atoms with van der Waals surface area (Å²) in [5, 5.41) is 6.40. The van der Waals surface area contributed by atoms with Crippen LogP contribution in [0.3, 0.4) is 0 Å². The Kier molecular flexibility index (Phi) is 6.81. The molecule has 1 amide bonds. The molecule has 10 heteroatoms. The average Bonchev–Trinajstić information content (AvgIpc) is 3.45. The molecule has 1 aliphatic heterocycles. The third-order valence-corrected chi connectivity index (χ3v) is 5.36. The van der Waals surface area contributed by atoms with Gasteiger partial charge in [-0.25, -0.2) is 13.8 Å². The number of aromatic nitrogens is 3. The number of alkyl halides is 2. The number of ether oxygens (including phenoxy) is 1. The highest BCUT2D eigenvalue weighted by atomic mass is 19.3. The fourth-order valence-corrected chi connectivity index (χ4v) is 3.63. The normalized spacial score (nSPS) is 15.8. The number of nitrogens with one attached hydrogen (secondary N) is 1. The third kappa shape index (κ3) is 5.82. The molecular formula is C23H25F2N5O3. The predicted molar refractivity (Wildman–Crippen MR) is 116 cm³/mol. The van der Waals surface area contributed by atoms with Gasteiger partial charge in [0.15, 0.2) is 18.1 Å². The molecule has 1 unspecified atom stereocenters. The van der Waals surface area contributed by atoms with E-state index in [2.05, 4.69) is 32.3 Å². The zero-order chi connectivity index (χ0) is 23.4. The molecule has 8 nitrogen and oxygen atoms in total. The van der Waals surface area contributed by atoms with E-state index < -0.39 is 12.3 Å². The van der Waals surface area contributed by atoms with Gasteiger partial charge < -0.3 is 19.5 Å². The van der Waals surface area contributed by atoms with Crippen molar-refractivity contribution in [3.63, 3.8) is 0 Å². The zero-order valence-corrected chi connectivity index (χ0v) is 18.4. The molecule has 0 bridgehead atoms. The summed E-state index contributed by atoms with van der Waals surface area (Å²) in [4.78, 5) is 23.3. The number of nitrogens with zero attached hydrogens (tertiary/aromatic N) is 4. The van der Waals surface area contributed by atoms with E-state index in [-0.39, 0.29) is 30.4 Å². The molecule has 1 aromatic carbocycles. The molecule has 4 rings (SSSR count). The highest BCUT2D eigenvalue weighted by Crippen LogP contribution is 2.24. The summed E-state index contributed by atoms with van der Waals surface area (Å²) in [6, 6.07) is 9.50. The number of hydrogen-bond acceptors (Lipinski definition) is 7. The number of aryl methyl sites for hydroxylation is 1. The molecular weight excluding hydrogens is 432 g/mol. The lowest BCUT2D eigenvalue weighted by Crippen LogP contribution is -2.23. The second kappa shape index (κ2) is 9.93. The Morgan fingerprint density at radius 1 is 1.30 bits per heavy atom. The average molecular weight is 457 g/mol. The van der Waals surface area contributed by atoms with E-state index in [4.69, 9.17) is 9.26 Å². The molecule has 3 aromatic rings. The minimum absolute atomic E-state index is 0.00993. The SMILES string of the molecule is Cc1cc(N2CCC(C)C2)nc(OCc2cc(C(=O)NCc3cccc(C(F)F)c3)no2)n1. The Morgan fingerprint density at radius 2 is 2.15 bits per heavy atom. The molecule has 0 spiro atoms. The Bertz CT molecular complexity index is 1120. The summed E-state index contributed by atoms with van der Waals surface area (Å²) in [5.74, 6) is 1.30. The number of anilines is 1. The van der Waals surface area contributed by atoms with Gasteiger partial charge in [0.2, 0.25) is 0 Å². The van der Waals surface area contributed by atoms with E-state index in [9.17, 15) is 13.6 Å². The van der Waals surface area contributed by atoms with Gasteiger partial charge in [-0.05, 0) is 30.9 Å². The smallest absolute Gasteiger partial charge is 0.319 e. The summed E-state index contributed by atoms with van der Waals surface area (Å²) in [6.45, 7) is 6.09. The lowest BCUT2D eigenvalue weighted by molar-refractivity contribution is 0.0941. The second-order valence-electron chi connectivity index (χ2n) is 8.19. The van der Waals surface area contributed by atoms with Crippen LogP contribution < -0.4 is 15.0 Å². The summed E-state index contributed by atoms with van der Waals surface area (Å²) in [6.07, 6.45) is -1.44. The largest absolute Gasteiger partial charge is 0.455 e. The van der Waals surface area contributed by atoms with Crippen molar-refractivity contribution >= 4 is 11.7 Å². The van der Waals surface area contributed by atoms with E-state index in [1.165, 1.54) is 24.3 Å². The van der Waals surface area contributed by atoms with Gasteiger partial charge in [-0.3, -0.25) is 4.79 Å². The van der Waals surface area contributed by atoms with Crippen LogP contribution in [0.25, 0.3) is 0 Å². The van der Waals surface area contributed by atoms with Crippen LogP contribution in [0.4, 0.5) is 14.6 Å². The van der Waals surface area contributed by atoms with Crippen molar-refractivity contribution in [2.45, 2.75) is 39.8 Å². The molecule has 0 saturated carbocycles. The highest BCUT2D eigenvalue weighted by molar-refractivity contribution is 5.92. The van der Waals surface area contributed by atoms with Gasteiger partial charge in [0.1, 0.15) is 5.82 Å². The summed E-state index contributed by atoms with van der Waals surface area (Å²) < 4.78 is 36.5. The number of benzene rings is 1. The maximum Gasteiger partial charge on any atom is 0.319 e. The lowest BCUT2D eigenvalue weighted by atomic mass is 10.1. The van der Waals surface area contributed by atoms with Crippen LogP contribution in [0.5, 0.6) is 6.01 Å². The van der Waals surface area contributed by atoms with Crippen LogP contribution in [0.1, 0.15) is 52.8 Å². The summed E-state index contributed by atoms with van der Waals surface area (Å²) in [7, 11) is 0. The molecule has 1 N–H and O–H groups in total. The molecule has 33 heavy (non-hydrogen) atoms. The molecule has 2 aromatic heterocycles. The van der Waals surface area contributed by atoms with E-state index in [0.717, 1.165) is 31.0 Å². The monoisotopic (exact) mass is 457 g/mol. The van der Waals surface area contributed by atoms with Gasteiger partial charge in [0.25, 0.3) is 12.3 Å². The minimum Gasteiger partial charge on any atom is -0.455 e. The van der Waals surface area contributed by atoms with Crippen molar-refractivity contribution in [3.05, 3.63) is 64.7 Å². The number of rotatable bonds is 8. The lowest BCUT2D eigenvalue weighted by Gasteiger charge is -2.17. The van der Waals surface area contributed by atoms with Crippen LogP contribution in [-0.2, 0) is 13.2 Å². The van der Waals surface area contributed by atoms with Crippen molar-refractivity contribution in [3.8, 4) is 6.01 Å². The van der Waals surface area contributed by atoms with Crippen LogP contribution in [0.2, 0.25) is 0 Å². The van der Waals surface area contributed by atoms with Crippen molar-refractivity contribution in [1.82, 2.24) is 20.4 Å². The maximum absolute atomic E-state index is 12.8. The molecule has 1 atom stereocenters. The highest BCUT2D eigenvalue weighted by Gasteiger charge is 2.21. The quantitative estimate of drug-likeness (QED) is 0.545. The number of halogens is 2. The molecule has 174 valence electrons.